The lowest BCUT2D eigenvalue weighted by atomic mass is 10.2. The average Bonchev–Trinajstić information content (AvgIpc) is 2.34. The minimum Gasteiger partial charge on any atom is -0.379 e. The molecule has 1 rings (SSSR count). The van der Waals surface area contributed by atoms with E-state index < -0.39 is 19.0 Å². The van der Waals surface area contributed by atoms with E-state index >= 15 is 0 Å². The lowest BCUT2D eigenvalue weighted by Crippen LogP contribution is -2.36. The van der Waals surface area contributed by atoms with E-state index in [1.165, 1.54) is 19.0 Å². The number of halogens is 1. The third-order valence-corrected chi connectivity index (χ3v) is 2.98. The van der Waals surface area contributed by atoms with Crippen molar-refractivity contribution in [1.82, 2.24) is 5.06 Å². The van der Waals surface area contributed by atoms with Crippen LogP contribution >= 0.6 is 18.2 Å². The highest BCUT2D eigenvalue weighted by atomic mass is 35.7. The Balaban J connectivity index is 2.47. The molecule has 0 fully saturated rings. The summed E-state index contributed by atoms with van der Waals surface area (Å²) in [5.74, 6) is -0.934. The van der Waals surface area contributed by atoms with Crippen molar-refractivity contribution in [3.05, 3.63) is 35.9 Å². The highest BCUT2D eigenvalue weighted by Crippen LogP contribution is 2.47. The molecule has 0 spiro atoms. The quantitative estimate of drug-likeness (QED) is 0.642. The fourth-order valence-electron chi connectivity index (χ4n) is 1.20. The summed E-state index contributed by atoms with van der Waals surface area (Å²) in [5, 5.41) is 1.24. The van der Waals surface area contributed by atoms with Gasteiger partial charge in [0.1, 0.15) is 6.04 Å². The highest BCUT2D eigenvalue weighted by molar-refractivity contribution is 7.80. The van der Waals surface area contributed by atoms with Gasteiger partial charge in [-0.3, -0.25) is 4.84 Å². The SMILES string of the molecule is C[C@@H](C(=O)OP(=O)(O)Cl)N(C)OCc1ccccc1. The summed E-state index contributed by atoms with van der Waals surface area (Å²) in [7, 11) is 1.52. The highest BCUT2D eigenvalue weighted by Gasteiger charge is 2.27. The monoisotopic (exact) mass is 307 g/mol. The summed E-state index contributed by atoms with van der Waals surface area (Å²) in [5.41, 5.74) is 0.931. The van der Waals surface area contributed by atoms with E-state index in [1.807, 2.05) is 30.3 Å². The summed E-state index contributed by atoms with van der Waals surface area (Å²) in [6, 6.07) is 8.50. The maximum atomic E-state index is 11.5. The fourth-order valence-corrected chi connectivity index (χ4v) is 1.78. The predicted octanol–water partition coefficient (Wildman–Crippen LogP) is 2.32. The lowest BCUT2D eigenvalue weighted by Gasteiger charge is -2.22. The van der Waals surface area contributed by atoms with E-state index in [-0.39, 0.29) is 6.61 Å². The first-order valence-corrected chi connectivity index (χ1v) is 7.93. The Morgan fingerprint density at radius 2 is 2.05 bits per heavy atom. The van der Waals surface area contributed by atoms with Crippen LogP contribution in [0.5, 0.6) is 0 Å². The van der Waals surface area contributed by atoms with E-state index in [4.69, 9.17) is 21.0 Å². The van der Waals surface area contributed by atoms with Crippen molar-refractivity contribution in [1.29, 1.82) is 0 Å². The minimum absolute atomic E-state index is 0.270. The van der Waals surface area contributed by atoms with Crippen molar-refractivity contribution >= 4 is 24.2 Å². The molecule has 0 bridgehead atoms. The van der Waals surface area contributed by atoms with Crippen LogP contribution in [0.15, 0.2) is 30.3 Å². The Bertz CT molecular complexity index is 463. The Morgan fingerprint density at radius 3 is 2.58 bits per heavy atom. The number of hydrogen-bond acceptors (Lipinski definition) is 5. The zero-order valence-corrected chi connectivity index (χ0v) is 12.2. The molecule has 8 heteroatoms. The van der Waals surface area contributed by atoms with Crippen LogP contribution in [0, 0.1) is 0 Å². The molecule has 0 amide bonds. The van der Waals surface area contributed by atoms with E-state index in [0.717, 1.165) is 5.56 Å². The van der Waals surface area contributed by atoms with Crippen LogP contribution in [0.25, 0.3) is 0 Å². The van der Waals surface area contributed by atoms with Crippen molar-refractivity contribution in [2.24, 2.45) is 0 Å². The average molecular weight is 308 g/mol. The smallest absolute Gasteiger partial charge is 0.379 e. The number of benzene rings is 1. The summed E-state index contributed by atoms with van der Waals surface area (Å²) < 4.78 is 14.9. The van der Waals surface area contributed by atoms with Crippen LogP contribution in [-0.4, -0.2) is 29.0 Å². The minimum atomic E-state index is -4.35. The number of hydroxylamine groups is 2. The van der Waals surface area contributed by atoms with Gasteiger partial charge in [-0.2, -0.15) is 5.06 Å². The predicted molar refractivity (Wildman–Crippen MR) is 70.2 cm³/mol. The van der Waals surface area contributed by atoms with Crippen molar-refractivity contribution < 1.29 is 23.6 Å². The third-order valence-electron chi connectivity index (χ3n) is 2.37. The second kappa shape index (κ2) is 7.03. The third kappa shape index (κ3) is 6.18. The lowest BCUT2D eigenvalue weighted by molar-refractivity contribution is -0.188. The second-order valence-electron chi connectivity index (χ2n) is 3.84. The molecule has 0 aliphatic heterocycles. The van der Waals surface area contributed by atoms with E-state index in [9.17, 15) is 9.36 Å². The van der Waals surface area contributed by atoms with Crippen LogP contribution in [0.1, 0.15) is 12.5 Å². The summed E-state index contributed by atoms with van der Waals surface area (Å²) in [6.07, 6.45) is 0. The van der Waals surface area contributed by atoms with Gasteiger partial charge >= 0.3 is 12.9 Å². The number of likely N-dealkylation sites (N-methyl/N-ethyl adjacent to an activating group) is 1. The van der Waals surface area contributed by atoms with Crippen LogP contribution in [0.4, 0.5) is 0 Å². The maximum Gasteiger partial charge on any atom is 0.476 e. The molecule has 0 radical (unpaired) electrons. The van der Waals surface area contributed by atoms with Gasteiger partial charge in [0.2, 0.25) is 0 Å². The molecular weight excluding hydrogens is 293 g/mol. The number of hydrogen-bond donors (Lipinski definition) is 1. The largest absolute Gasteiger partial charge is 0.476 e. The molecule has 19 heavy (non-hydrogen) atoms. The van der Waals surface area contributed by atoms with Crippen molar-refractivity contribution in [2.75, 3.05) is 7.05 Å². The second-order valence-corrected chi connectivity index (χ2v) is 6.21. The van der Waals surface area contributed by atoms with Crippen molar-refractivity contribution in [3.8, 4) is 0 Å². The van der Waals surface area contributed by atoms with Gasteiger partial charge in [0.25, 0.3) is 0 Å². The number of rotatable bonds is 6. The molecule has 6 nitrogen and oxygen atoms in total. The van der Waals surface area contributed by atoms with E-state index in [0.29, 0.717) is 0 Å². The molecule has 0 aliphatic rings. The molecule has 2 atom stereocenters. The number of nitrogens with zero attached hydrogens (tertiary/aromatic N) is 1. The van der Waals surface area contributed by atoms with Crippen molar-refractivity contribution in [3.63, 3.8) is 0 Å². The first-order valence-electron chi connectivity index (χ1n) is 5.45. The molecule has 1 aromatic carbocycles. The van der Waals surface area contributed by atoms with Gasteiger partial charge in [0.15, 0.2) is 0 Å². The normalized spacial score (nSPS) is 15.8. The molecule has 0 aliphatic carbocycles. The topological polar surface area (TPSA) is 76.1 Å². The van der Waals surface area contributed by atoms with Gasteiger partial charge in [-0.05, 0) is 12.5 Å². The van der Waals surface area contributed by atoms with Gasteiger partial charge < -0.3 is 9.42 Å². The van der Waals surface area contributed by atoms with Gasteiger partial charge in [-0.1, -0.05) is 30.3 Å². The number of carbonyl (C=O) groups is 1. The molecule has 0 aromatic heterocycles. The van der Waals surface area contributed by atoms with Crippen LogP contribution in [0.3, 0.4) is 0 Å². The molecule has 1 unspecified atom stereocenters. The summed E-state index contributed by atoms with van der Waals surface area (Å²) in [4.78, 5) is 25.5. The molecule has 0 saturated carbocycles. The number of carbonyl (C=O) groups excluding carboxylic acids is 1. The molecular formula is C11H15ClNO5P. The summed E-state index contributed by atoms with van der Waals surface area (Å²) >= 11 is 4.96. The Kier molecular flexibility index (Phi) is 5.97. The van der Waals surface area contributed by atoms with Crippen LogP contribution < -0.4 is 0 Å². The molecule has 106 valence electrons. The first-order chi connectivity index (χ1) is 8.79. The Morgan fingerprint density at radius 1 is 1.47 bits per heavy atom. The maximum absolute atomic E-state index is 11.5. The Labute approximate surface area is 116 Å². The van der Waals surface area contributed by atoms with Gasteiger partial charge in [0.05, 0.1) is 6.61 Å². The van der Waals surface area contributed by atoms with Gasteiger partial charge in [-0.25, -0.2) is 9.36 Å². The van der Waals surface area contributed by atoms with Crippen LogP contribution in [-0.2, 0) is 25.3 Å². The van der Waals surface area contributed by atoms with Gasteiger partial charge in [0, 0.05) is 18.3 Å². The van der Waals surface area contributed by atoms with Crippen LogP contribution in [0.2, 0.25) is 0 Å². The van der Waals surface area contributed by atoms with Gasteiger partial charge in [-0.15, -0.1) is 0 Å². The fraction of sp³-hybridized carbons (Fsp3) is 0.364. The molecule has 1 aromatic rings. The molecule has 0 heterocycles. The van der Waals surface area contributed by atoms with E-state index in [1.54, 1.807) is 0 Å². The zero-order chi connectivity index (χ0) is 14.5. The van der Waals surface area contributed by atoms with E-state index in [2.05, 4.69) is 4.52 Å². The standard InChI is InChI=1S/C11H15ClNO5P/c1-9(11(14)18-19(12,15)16)13(2)17-8-10-6-4-3-5-7-10/h3-7,9H,8H2,1-2H3,(H,15,16)/t9-/m0/s1. The Hall–Kier alpha value is -0.910. The van der Waals surface area contributed by atoms with Crippen molar-refractivity contribution in [2.45, 2.75) is 19.6 Å². The summed E-state index contributed by atoms with van der Waals surface area (Å²) in [6.45, 7) is -2.61. The zero-order valence-electron chi connectivity index (χ0n) is 10.5. The molecule has 0 saturated heterocycles. The first kappa shape index (κ1) is 16.1. The molecule has 1 N–H and O–H groups in total.